The molecule has 0 amide bonds. The molecule has 0 bridgehead atoms. The van der Waals surface area contributed by atoms with Gasteiger partial charge in [-0.25, -0.2) is 0 Å². The van der Waals surface area contributed by atoms with Gasteiger partial charge in [0, 0.05) is 19.7 Å². The van der Waals surface area contributed by atoms with E-state index in [0.29, 0.717) is 12.3 Å². The van der Waals surface area contributed by atoms with Crippen molar-refractivity contribution in [3.05, 3.63) is 0 Å². The summed E-state index contributed by atoms with van der Waals surface area (Å²) in [6.07, 6.45) is 1.49. The summed E-state index contributed by atoms with van der Waals surface area (Å²) in [4.78, 5) is 13.0. The van der Waals surface area contributed by atoms with Crippen LogP contribution in [0.5, 0.6) is 0 Å². The molecule has 76 valence electrons. The molecule has 0 aliphatic carbocycles. The van der Waals surface area contributed by atoms with Gasteiger partial charge in [-0.15, -0.1) is 0 Å². The minimum atomic E-state index is -0.160. The fraction of sp³-hybridized carbons (Fsp3) is 0.889. The van der Waals surface area contributed by atoms with Gasteiger partial charge in [0.2, 0.25) is 0 Å². The van der Waals surface area contributed by atoms with Crippen LogP contribution in [0.2, 0.25) is 0 Å². The number of rotatable bonds is 4. The molecule has 1 fully saturated rings. The maximum Gasteiger partial charge on any atom is 0.306 e. The van der Waals surface area contributed by atoms with Crippen LogP contribution in [0.3, 0.4) is 0 Å². The zero-order valence-corrected chi connectivity index (χ0v) is 8.03. The molecule has 1 heterocycles. The van der Waals surface area contributed by atoms with Crippen molar-refractivity contribution in [1.29, 1.82) is 0 Å². The van der Waals surface area contributed by atoms with Crippen molar-refractivity contribution >= 4 is 5.97 Å². The predicted molar refractivity (Wildman–Crippen MR) is 48.3 cm³/mol. The number of hydrogen-bond donors (Lipinski definition) is 1. The highest BCUT2D eigenvalue weighted by Gasteiger charge is 2.21. The average Bonchev–Trinajstić information content (AvgIpc) is 2.61. The van der Waals surface area contributed by atoms with Gasteiger partial charge in [-0.2, -0.15) is 0 Å². The van der Waals surface area contributed by atoms with E-state index in [-0.39, 0.29) is 12.6 Å². The number of ether oxygens (including phenoxy) is 1. The molecule has 1 unspecified atom stereocenters. The molecule has 1 aliphatic rings. The molecule has 0 aromatic carbocycles. The molecule has 4 heteroatoms. The Labute approximate surface area is 78.5 Å². The minimum absolute atomic E-state index is 0.160. The highest BCUT2D eigenvalue weighted by Crippen LogP contribution is 2.15. The molecule has 1 atom stereocenters. The summed E-state index contributed by atoms with van der Waals surface area (Å²) >= 11 is 0. The van der Waals surface area contributed by atoms with Crippen molar-refractivity contribution in [2.75, 3.05) is 33.4 Å². The second-order valence-electron chi connectivity index (χ2n) is 3.46. The Bertz CT molecular complexity index is 172. The smallest absolute Gasteiger partial charge is 0.306 e. The number of likely N-dealkylation sites (tertiary alicyclic amines) is 1. The molecule has 1 saturated heterocycles. The summed E-state index contributed by atoms with van der Waals surface area (Å²) in [6, 6.07) is 0. The summed E-state index contributed by atoms with van der Waals surface area (Å²) < 4.78 is 4.55. The normalized spacial score (nSPS) is 23.4. The van der Waals surface area contributed by atoms with Crippen LogP contribution in [0, 0.1) is 5.92 Å². The molecule has 4 nitrogen and oxygen atoms in total. The van der Waals surface area contributed by atoms with Gasteiger partial charge in [0.1, 0.15) is 0 Å². The molecule has 0 radical (unpaired) electrons. The highest BCUT2D eigenvalue weighted by molar-refractivity contribution is 5.69. The largest absolute Gasteiger partial charge is 0.469 e. The van der Waals surface area contributed by atoms with Crippen LogP contribution < -0.4 is 0 Å². The third kappa shape index (κ3) is 3.32. The van der Waals surface area contributed by atoms with Gasteiger partial charge in [-0.3, -0.25) is 4.79 Å². The van der Waals surface area contributed by atoms with E-state index < -0.39 is 0 Å². The number of carbonyl (C=O) groups is 1. The van der Waals surface area contributed by atoms with E-state index in [0.717, 1.165) is 26.1 Å². The van der Waals surface area contributed by atoms with E-state index in [1.54, 1.807) is 0 Å². The Morgan fingerprint density at radius 3 is 3.00 bits per heavy atom. The van der Waals surface area contributed by atoms with Gasteiger partial charge < -0.3 is 14.7 Å². The average molecular weight is 187 g/mol. The summed E-state index contributed by atoms with van der Waals surface area (Å²) in [6.45, 7) is 2.91. The van der Waals surface area contributed by atoms with Crippen LogP contribution in [0.4, 0.5) is 0 Å². The van der Waals surface area contributed by atoms with Crippen LogP contribution in [-0.4, -0.2) is 49.3 Å². The van der Waals surface area contributed by atoms with Crippen LogP contribution >= 0.6 is 0 Å². The van der Waals surface area contributed by atoms with E-state index >= 15 is 0 Å². The van der Waals surface area contributed by atoms with Gasteiger partial charge in [0.05, 0.1) is 13.5 Å². The predicted octanol–water partition coefficient (Wildman–Crippen LogP) is -0.136. The van der Waals surface area contributed by atoms with Crippen LogP contribution in [0.25, 0.3) is 0 Å². The fourth-order valence-electron chi connectivity index (χ4n) is 1.62. The standard InChI is InChI=1S/C9H17NO3/c1-13-9(12)3-5-10-4-2-8(6-10)7-11/h8,11H,2-7H2,1H3. The Balaban J connectivity index is 2.13. The van der Waals surface area contributed by atoms with Crippen LogP contribution in [0.1, 0.15) is 12.8 Å². The zero-order valence-electron chi connectivity index (χ0n) is 8.03. The third-order valence-electron chi connectivity index (χ3n) is 2.49. The highest BCUT2D eigenvalue weighted by atomic mass is 16.5. The molecule has 0 aromatic heterocycles. The number of aliphatic hydroxyl groups excluding tert-OH is 1. The zero-order chi connectivity index (χ0) is 9.68. The molecule has 13 heavy (non-hydrogen) atoms. The van der Waals surface area contributed by atoms with Gasteiger partial charge in [-0.05, 0) is 18.9 Å². The first-order chi connectivity index (χ1) is 6.26. The lowest BCUT2D eigenvalue weighted by Crippen LogP contribution is -2.24. The number of esters is 1. The molecule has 1 aliphatic heterocycles. The molecule has 1 rings (SSSR count). The van der Waals surface area contributed by atoms with Crippen LogP contribution in [0.15, 0.2) is 0 Å². The summed E-state index contributed by atoms with van der Waals surface area (Å²) in [5.74, 6) is 0.241. The van der Waals surface area contributed by atoms with Gasteiger partial charge in [0.25, 0.3) is 0 Å². The van der Waals surface area contributed by atoms with E-state index in [1.807, 2.05) is 0 Å². The van der Waals surface area contributed by atoms with Crippen molar-refractivity contribution in [2.45, 2.75) is 12.8 Å². The van der Waals surface area contributed by atoms with Crippen molar-refractivity contribution in [1.82, 2.24) is 4.90 Å². The first kappa shape index (κ1) is 10.5. The second-order valence-corrected chi connectivity index (χ2v) is 3.46. The molecule has 1 N–H and O–H groups in total. The van der Waals surface area contributed by atoms with E-state index in [1.165, 1.54) is 7.11 Å². The quantitative estimate of drug-likeness (QED) is 0.623. The number of hydrogen-bond acceptors (Lipinski definition) is 4. The fourth-order valence-corrected chi connectivity index (χ4v) is 1.62. The Morgan fingerprint density at radius 2 is 2.46 bits per heavy atom. The van der Waals surface area contributed by atoms with E-state index in [4.69, 9.17) is 5.11 Å². The minimum Gasteiger partial charge on any atom is -0.469 e. The maximum atomic E-state index is 10.8. The lowest BCUT2D eigenvalue weighted by Gasteiger charge is -2.13. The molecular weight excluding hydrogens is 170 g/mol. The van der Waals surface area contributed by atoms with Gasteiger partial charge in [-0.1, -0.05) is 0 Å². The van der Waals surface area contributed by atoms with Crippen molar-refractivity contribution in [3.8, 4) is 0 Å². The number of nitrogens with zero attached hydrogens (tertiary/aromatic N) is 1. The van der Waals surface area contributed by atoms with Crippen molar-refractivity contribution in [3.63, 3.8) is 0 Å². The summed E-state index contributed by atoms with van der Waals surface area (Å²) in [7, 11) is 1.41. The third-order valence-corrected chi connectivity index (χ3v) is 2.49. The lowest BCUT2D eigenvalue weighted by atomic mass is 10.1. The molecule has 0 spiro atoms. The monoisotopic (exact) mass is 187 g/mol. The van der Waals surface area contributed by atoms with E-state index in [9.17, 15) is 4.79 Å². The molecule has 0 aromatic rings. The molecule has 0 saturated carbocycles. The SMILES string of the molecule is COC(=O)CCN1CCC(CO)C1. The first-order valence-corrected chi connectivity index (χ1v) is 4.66. The van der Waals surface area contributed by atoms with E-state index in [2.05, 4.69) is 9.64 Å². The number of carbonyl (C=O) groups excluding carboxylic acids is 1. The van der Waals surface area contributed by atoms with Crippen molar-refractivity contribution < 1.29 is 14.6 Å². The Morgan fingerprint density at radius 1 is 1.69 bits per heavy atom. The summed E-state index contributed by atoms with van der Waals surface area (Å²) in [5, 5.41) is 8.89. The maximum absolute atomic E-state index is 10.8. The topological polar surface area (TPSA) is 49.8 Å². The Kier molecular flexibility index (Phi) is 4.18. The Hall–Kier alpha value is -0.610. The number of aliphatic hydroxyl groups is 1. The molecular formula is C9H17NO3. The van der Waals surface area contributed by atoms with Gasteiger partial charge >= 0.3 is 5.97 Å². The van der Waals surface area contributed by atoms with Crippen molar-refractivity contribution in [2.24, 2.45) is 5.92 Å². The lowest BCUT2D eigenvalue weighted by molar-refractivity contribution is -0.140. The summed E-state index contributed by atoms with van der Waals surface area (Å²) in [5.41, 5.74) is 0. The van der Waals surface area contributed by atoms with Crippen LogP contribution in [-0.2, 0) is 9.53 Å². The first-order valence-electron chi connectivity index (χ1n) is 4.66. The number of methoxy groups -OCH3 is 1. The second kappa shape index (κ2) is 5.19. The van der Waals surface area contributed by atoms with Gasteiger partial charge in [0.15, 0.2) is 0 Å².